The fraction of sp³-hybridized carbons (Fsp3) is 0.133. The van der Waals surface area contributed by atoms with Gasteiger partial charge in [0.1, 0.15) is 5.76 Å². The molecule has 1 amide bonds. The number of hydrogen-bond acceptors (Lipinski definition) is 5. The van der Waals surface area contributed by atoms with Crippen LogP contribution in [0, 0.1) is 0 Å². The molecule has 0 aliphatic carbocycles. The third-order valence-electron chi connectivity index (χ3n) is 2.89. The molecule has 21 heavy (non-hydrogen) atoms. The number of amides is 1. The van der Waals surface area contributed by atoms with Crippen molar-refractivity contribution in [2.75, 3.05) is 5.32 Å². The first kappa shape index (κ1) is 13.5. The lowest BCUT2D eigenvalue weighted by atomic mass is 10.2. The Bertz CT molecular complexity index is 708. The molecule has 1 N–H and O–H groups in total. The number of thiazole rings is 1. The molecule has 106 valence electrons. The topological polar surface area (TPSA) is 68.0 Å². The van der Waals surface area contributed by atoms with Crippen molar-refractivity contribution in [2.45, 2.75) is 12.8 Å². The monoisotopic (exact) mass is 299 g/mol. The fourth-order valence-electron chi connectivity index (χ4n) is 1.85. The molecule has 3 aromatic heterocycles. The third-order valence-corrected chi connectivity index (χ3v) is 3.64. The van der Waals surface area contributed by atoms with Gasteiger partial charge in [0.25, 0.3) is 0 Å². The molecule has 0 aromatic carbocycles. The summed E-state index contributed by atoms with van der Waals surface area (Å²) in [7, 11) is 0. The minimum Gasteiger partial charge on any atom is -0.469 e. The Kier molecular flexibility index (Phi) is 4.07. The smallest absolute Gasteiger partial charge is 0.226 e. The molecule has 0 unspecified atom stereocenters. The summed E-state index contributed by atoms with van der Waals surface area (Å²) >= 11 is 1.40. The highest BCUT2D eigenvalue weighted by Crippen LogP contribution is 2.24. The highest BCUT2D eigenvalue weighted by molar-refractivity contribution is 7.14. The zero-order chi connectivity index (χ0) is 14.5. The molecule has 0 saturated heterocycles. The zero-order valence-corrected chi connectivity index (χ0v) is 12.0. The van der Waals surface area contributed by atoms with Crippen molar-refractivity contribution in [3.63, 3.8) is 0 Å². The van der Waals surface area contributed by atoms with E-state index >= 15 is 0 Å². The second-order valence-electron chi connectivity index (χ2n) is 4.41. The molecule has 0 bridgehead atoms. The quantitative estimate of drug-likeness (QED) is 0.784. The Morgan fingerprint density at radius 1 is 1.33 bits per heavy atom. The van der Waals surface area contributed by atoms with Gasteiger partial charge >= 0.3 is 0 Å². The summed E-state index contributed by atoms with van der Waals surface area (Å²) < 4.78 is 5.20. The number of carbonyl (C=O) groups is 1. The van der Waals surface area contributed by atoms with E-state index in [0.717, 1.165) is 17.0 Å². The summed E-state index contributed by atoms with van der Waals surface area (Å²) in [4.78, 5) is 20.3. The molecule has 5 nitrogen and oxygen atoms in total. The molecule has 0 radical (unpaired) electrons. The van der Waals surface area contributed by atoms with Crippen LogP contribution in [0.3, 0.4) is 0 Å². The summed E-state index contributed by atoms with van der Waals surface area (Å²) in [6.45, 7) is 0. The Balaban J connectivity index is 1.58. The predicted octanol–water partition coefficient (Wildman–Crippen LogP) is 3.37. The van der Waals surface area contributed by atoms with Gasteiger partial charge in [0.2, 0.25) is 5.91 Å². The van der Waals surface area contributed by atoms with E-state index in [4.69, 9.17) is 4.42 Å². The number of carbonyl (C=O) groups excluding carboxylic acids is 1. The Morgan fingerprint density at radius 2 is 2.29 bits per heavy atom. The van der Waals surface area contributed by atoms with Gasteiger partial charge in [0.15, 0.2) is 5.13 Å². The van der Waals surface area contributed by atoms with Crippen molar-refractivity contribution in [1.82, 2.24) is 9.97 Å². The second kappa shape index (κ2) is 6.32. The predicted molar refractivity (Wildman–Crippen MR) is 81.0 cm³/mol. The van der Waals surface area contributed by atoms with E-state index < -0.39 is 0 Å². The number of aromatic nitrogens is 2. The van der Waals surface area contributed by atoms with E-state index in [9.17, 15) is 4.79 Å². The molecule has 0 atom stereocenters. The van der Waals surface area contributed by atoms with Crippen molar-refractivity contribution in [3.8, 4) is 11.3 Å². The van der Waals surface area contributed by atoms with Crippen LogP contribution in [0.1, 0.15) is 12.2 Å². The van der Waals surface area contributed by atoms with Gasteiger partial charge in [-0.1, -0.05) is 0 Å². The molecular formula is C15H13N3O2S. The Hall–Kier alpha value is -2.47. The van der Waals surface area contributed by atoms with Crippen LogP contribution in [0.15, 0.2) is 52.7 Å². The van der Waals surface area contributed by atoms with Crippen LogP contribution in [-0.4, -0.2) is 15.9 Å². The minimum absolute atomic E-state index is 0.0708. The molecule has 0 aliphatic rings. The number of aryl methyl sites for hydroxylation is 1. The molecule has 0 aliphatic heterocycles. The maximum Gasteiger partial charge on any atom is 0.226 e. The van der Waals surface area contributed by atoms with E-state index in [1.54, 1.807) is 18.7 Å². The van der Waals surface area contributed by atoms with E-state index in [1.807, 2.05) is 29.6 Å². The normalized spacial score (nSPS) is 10.5. The lowest BCUT2D eigenvalue weighted by Crippen LogP contribution is -2.11. The first-order valence-electron chi connectivity index (χ1n) is 6.49. The Morgan fingerprint density at radius 3 is 3.05 bits per heavy atom. The number of rotatable bonds is 5. The SMILES string of the molecule is O=C(CCc1ccco1)Nc1nc(-c2cccnc2)cs1. The van der Waals surface area contributed by atoms with Crippen LogP contribution in [-0.2, 0) is 11.2 Å². The number of furan rings is 1. The molecule has 6 heteroatoms. The lowest BCUT2D eigenvalue weighted by Gasteiger charge is -2.00. The largest absolute Gasteiger partial charge is 0.469 e. The average Bonchev–Trinajstić information content (AvgIpc) is 3.17. The molecule has 3 heterocycles. The number of nitrogens with zero attached hydrogens (tertiary/aromatic N) is 2. The van der Waals surface area contributed by atoms with Crippen LogP contribution >= 0.6 is 11.3 Å². The highest BCUT2D eigenvalue weighted by Gasteiger charge is 2.09. The van der Waals surface area contributed by atoms with Gasteiger partial charge < -0.3 is 9.73 Å². The van der Waals surface area contributed by atoms with Crippen LogP contribution in [0.5, 0.6) is 0 Å². The maximum atomic E-state index is 11.9. The third kappa shape index (κ3) is 3.55. The van der Waals surface area contributed by atoms with E-state index in [-0.39, 0.29) is 5.91 Å². The number of hydrogen-bond donors (Lipinski definition) is 1. The second-order valence-corrected chi connectivity index (χ2v) is 5.27. The van der Waals surface area contributed by atoms with Crippen LogP contribution in [0.2, 0.25) is 0 Å². The average molecular weight is 299 g/mol. The summed E-state index contributed by atoms with van der Waals surface area (Å²) in [6, 6.07) is 7.46. The first-order valence-corrected chi connectivity index (χ1v) is 7.37. The fourth-order valence-corrected chi connectivity index (χ4v) is 2.59. The molecular weight excluding hydrogens is 286 g/mol. The van der Waals surface area contributed by atoms with E-state index in [2.05, 4.69) is 15.3 Å². The van der Waals surface area contributed by atoms with Gasteiger partial charge in [-0.15, -0.1) is 11.3 Å². The van der Waals surface area contributed by atoms with Gasteiger partial charge in [-0.05, 0) is 24.3 Å². The van der Waals surface area contributed by atoms with Gasteiger partial charge in [0, 0.05) is 36.2 Å². The van der Waals surface area contributed by atoms with Crippen molar-refractivity contribution >= 4 is 22.4 Å². The first-order chi connectivity index (χ1) is 10.3. The maximum absolute atomic E-state index is 11.9. The highest BCUT2D eigenvalue weighted by atomic mass is 32.1. The number of anilines is 1. The van der Waals surface area contributed by atoms with Gasteiger partial charge in [0.05, 0.1) is 12.0 Å². The van der Waals surface area contributed by atoms with Gasteiger partial charge in [-0.2, -0.15) is 0 Å². The molecule has 3 aromatic rings. The number of pyridine rings is 1. The molecule has 0 saturated carbocycles. The van der Waals surface area contributed by atoms with Crippen LogP contribution in [0.4, 0.5) is 5.13 Å². The van der Waals surface area contributed by atoms with E-state index in [0.29, 0.717) is 18.0 Å². The molecule has 3 rings (SSSR count). The van der Waals surface area contributed by atoms with Gasteiger partial charge in [-0.3, -0.25) is 9.78 Å². The standard InChI is InChI=1S/C15H13N3O2S/c19-14(6-5-12-4-2-8-20-12)18-15-17-13(10-21-15)11-3-1-7-16-9-11/h1-4,7-10H,5-6H2,(H,17,18,19). The van der Waals surface area contributed by atoms with Crippen molar-refractivity contribution in [3.05, 3.63) is 54.1 Å². The van der Waals surface area contributed by atoms with Crippen molar-refractivity contribution in [2.24, 2.45) is 0 Å². The lowest BCUT2D eigenvalue weighted by molar-refractivity contribution is -0.116. The summed E-state index contributed by atoms with van der Waals surface area (Å²) in [6.07, 6.45) is 6.02. The number of nitrogens with one attached hydrogen (secondary N) is 1. The molecule has 0 fully saturated rings. The van der Waals surface area contributed by atoms with E-state index in [1.165, 1.54) is 11.3 Å². The van der Waals surface area contributed by atoms with Crippen molar-refractivity contribution in [1.29, 1.82) is 0 Å². The summed E-state index contributed by atoms with van der Waals surface area (Å²) in [5, 5.41) is 5.30. The van der Waals surface area contributed by atoms with Crippen molar-refractivity contribution < 1.29 is 9.21 Å². The summed E-state index contributed by atoms with van der Waals surface area (Å²) in [5.41, 5.74) is 1.75. The van der Waals surface area contributed by atoms with Crippen LogP contribution in [0.25, 0.3) is 11.3 Å². The molecule has 0 spiro atoms. The minimum atomic E-state index is -0.0708. The van der Waals surface area contributed by atoms with Crippen LogP contribution < -0.4 is 5.32 Å². The summed E-state index contributed by atoms with van der Waals surface area (Å²) in [5.74, 6) is 0.735. The zero-order valence-electron chi connectivity index (χ0n) is 11.2. The van der Waals surface area contributed by atoms with Gasteiger partial charge in [-0.25, -0.2) is 4.98 Å². The Labute approximate surface area is 125 Å².